The minimum Gasteiger partial charge on any atom is -0.493 e. The first-order chi connectivity index (χ1) is 8.49. The van der Waals surface area contributed by atoms with Gasteiger partial charge in [0.05, 0.1) is 12.2 Å². The Hall–Kier alpha value is -1.23. The second-order valence-corrected chi connectivity index (χ2v) is 4.06. The molecule has 2 nitrogen and oxygen atoms in total. The van der Waals surface area contributed by atoms with E-state index >= 15 is 0 Å². The molecular weight excluding hydrogens is 243 g/mol. The van der Waals surface area contributed by atoms with E-state index in [0.29, 0.717) is 18.7 Å². The fourth-order valence-electron chi connectivity index (χ4n) is 1.57. The lowest BCUT2D eigenvalue weighted by atomic mass is 10.1. The molecular formula is C13H18F3NO. The number of benzene rings is 1. The number of hydrogen-bond donors (Lipinski definition) is 1. The van der Waals surface area contributed by atoms with E-state index in [9.17, 15) is 13.2 Å². The maximum Gasteiger partial charge on any atom is 0.419 e. The number of ether oxygens (including phenoxy) is 1. The van der Waals surface area contributed by atoms with Gasteiger partial charge in [0.1, 0.15) is 5.75 Å². The molecule has 0 saturated carbocycles. The van der Waals surface area contributed by atoms with Gasteiger partial charge >= 0.3 is 6.18 Å². The minimum absolute atomic E-state index is 0.0872. The number of rotatable bonds is 6. The summed E-state index contributed by atoms with van der Waals surface area (Å²) >= 11 is 0. The molecule has 1 rings (SSSR count). The van der Waals surface area contributed by atoms with Crippen LogP contribution < -0.4 is 10.1 Å². The summed E-state index contributed by atoms with van der Waals surface area (Å²) in [7, 11) is 1.69. The van der Waals surface area contributed by atoms with Crippen molar-refractivity contribution in [1.29, 1.82) is 0 Å². The van der Waals surface area contributed by atoms with E-state index in [1.165, 1.54) is 6.07 Å². The van der Waals surface area contributed by atoms with Gasteiger partial charge in [-0.3, -0.25) is 0 Å². The zero-order chi connectivity index (χ0) is 13.6. The lowest BCUT2D eigenvalue weighted by Gasteiger charge is -2.15. The van der Waals surface area contributed by atoms with Gasteiger partial charge in [-0.25, -0.2) is 0 Å². The molecule has 1 aromatic carbocycles. The highest BCUT2D eigenvalue weighted by molar-refractivity contribution is 5.39. The molecule has 5 heteroatoms. The van der Waals surface area contributed by atoms with Crippen molar-refractivity contribution < 1.29 is 17.9 Å². The van der Waals surface area contributed by atoms with Crippen molar-refractivity contribution in [2.45, 2.75) is 32.5 Å². The Labute approximate surface area is 105 Å². The van der Waals surface area contributed by atoms with Crippen LogP contribution in [-0.4, -0.2) is 13.7 Å². The van der Waals surface area contributed by atoms with E-state index < -0.39 is 11.7 Å². The van der Waals surface area contributed by atoms with Gasteiger partial charge in [-0.2, -0.15) is 13.2 Å². The van der Waals surface area contributed by atoms with Crippen LogP contribution in [0.2, 0.25) is 0 Å². The highest BCUT2D eigenvalue weighted by Gasteiger charge is 2.34. The number of hydrogen-bond acceptors (Lipinski definition) is 2. The quantitative estimate of drug-likeness (QED) is 0.790. The maximum atomic E-state index is 12.9. The average molecular weight is 261 g/mol. The standard InChI is InChI=1S/C13H18F3NO/c1-3-4-7-18-12-6-5-10(9-17-2)8-11(12)13(14,15)16/h5-6,8,17H,3-4,7,9H2,1-2H3. The van der Waals surface area contributed by atoms with E-state index in [1.807, 2.05) is 6.92 Å². The summed E-state index contributed by atoms with van der Waals surface area (Å²) in [5, 5.41) is 2.83. The number of unbranched alkanes of at least 4 members (excludes halogenated alkanes) is 1. The van der Waals surface area contributed by atoms with Crippen molar-refractivity contribution in [1.82, 2.24) is 5.32 Å². The summed E-state index contributed by atoms with van der Waals surface area (Å²) in [4.78, 5) is 0. The van der Waals surface area contributed by atoms with Gasteiger partial charge in [0, 0.05) is 6.54 Å². The van der Waals surface area contributed by atoms with E-state index in [4.69, 9.17) is 4.74 Å². The van der Waals surface area contributed by atoms with Crippen molar-refractivity contribution in [3.63, 3.8) is 0 Å². The summed E-state index contributed by atoms with van der Waals surface area (Å²) in [5.74, 6) is -0.0872. The highest BCUT2D eigenvalue weighted by Crippen LogP contribution is 2.36. The highest BCUT2D eigenvalue weighted by atomic mass is 19.4. The molecule has 18 heavy (non-hydrogen) atoms. The first-order valence-corrected chi connectivity index (χ1v) is 5.96. The molecule has 0 saturated heterocycles. The molecule has 1 N–H and O–H groups in total. The van der Waals surface area contributed by atoms with Gasteiger partial charge in [-0.1, -0.05) is 19.4 Å². The fraction of sp³-hybridized carbons (Fsp3) is 0.538. The van der Waals surface area contributed by atoms with Gasteiger partial charge in [-0.15, -0.1) is 0 Å². The Balaban J connectivity index is 2.94. The van der Waals surface area contributed by atoms with Crippen molar-refractivity contribution >= 4 is 0 Å². The van der Waals surface area contributed by atoms with Crippen LogP contribution in [0, 0.1) is 0 Å². The van der Waals surface area contributed by atoms with Gasteiger partial charge in [-0.05, 0) is 31.2 Å². The molecule has 0 aliphatic carbocycles. The Morgan fingerprint density at radius 1 is 1.28 bits per heavy atom. The summed E-state index contributed by atoms with van der Waals surface area (Å²) in [6.07, 6.45) is -2.75. The van der Waals surface area contributed by atoms with E-state index in [1.54, 1.807) is 13.1 Å². The summed E-state index contributed by atoms with van der Waals surface area (Å²) in [6, 6.07) is 4.18. The first-order valence-electron chi connectivity index (χ1n) is 5.96. The molecule has 0 aliphatic rings. The van der Waals surface area contributed by atoms with Crippen LogP contribution in [-0.2, 0) is 12.7 Å². The Morgan fingerprint density at radius 3 is 2.56 bits per heavy atom. The zero-order valence-electron chi connectivity index (χ0n) is 10.6. The number of nitrogens with one attached hydrogen (secondary N) is 1. The van der Waals surface area contributed by atoms with Crippen LogP contribution >= 0.6 is 0 Å². The molecule has 0 atom stereocenters. The fourth-order valence-corrected chi connectivity index (χ4v) is 1.57. The maximum absolute atomic E-state index is 12.9. The van der Waals surface area contributed by atoms with Crippen LogP contribution in [0.1, 0.15) is 30.9 Å². The molecule has 0 bridgehead atoms. The van der Waals surface area contributed by atoms with Gasteiger partial charge in [0.2, 0.25) is 0 Å². The molecule has 0 amide bonds. The largest absolute Gasteiger partial charge is 0.493 e. The van der Waals surface area contributed by atoms with E-state index in [0.717, 1.165) is 18.9 Å². The molecule has 0 unspecified atom stereocenters. The van der Waals surface area contributed by atoms with Crippen LogP contribution in [0.3, 0.4) is 0 Å². The van der Waals surface area contributed by atoms with Crippen molar-refractivity contribution in [2.24, 2.45) is 0 Å². The molecule has 0 aliphatic heterocycles. The predicted molar refractivity (Wildman–Crippen MR) is 64.6 cm³/mol. The predicted octanol–water partition coefficient (Wildman–Crippen LogP) is 3.60. The van der Waals surface area contributed by atoms with Crippen molar-refractivity contribution in [3.8, 4) is 5.75 Å². The van der Waals surface area contributed by atoms with E-state index in [-0.39, 0.29) is 5.75 Å². The minimum atomic E-state index is -4.38. The van der Waals surface area contributed by atoms with Gasteiger partial charge in [0.15, 0.2) is 0 Å². The SMILES string of the molecule is CCCCOc1ccc(CNC)cc1C(F)(F)F. The summed E-state index contributed by atoms with van der Waals surface area (Å²) < 4.78 is 43.8. The molecule has 0 aromatic heterocycles. The lowest BCUT2D eigenvalue weighted by molar-refractivity contribution is -0.139. The average Bonchev–Trinajstić information content (AvgIpc) is 2.30. The first kappa shape index (κ1) is 14.8. The summed E-state index contributed by atoms with van der Waals surface area (Å²) in [6.45, 7) is 2.67. The molecule has 102 valence electrons. The second-order valence-electron chi connectivity index (χ2n) is 4.06. The topological polar surface area (TPSA) is 21.3 Å². The van der Waals surface area contributed by atoms with Crippen molar-refractivity contribution in [2.75, 3.05) is 13.7 Å². The Morgan fingerprint density at radius 2 is 2.00 bits per heavy atom. The smallest absolute Gasteiger partial charge is 0.419 e. The zero-order valence-corrected chi connectivity index (χ0v) is 10.6. The normalized spacial score (nSPS) is 11.6. The summed E-state index contributed by atoms with van der Waals surface area (Å²) in [5.41, 5.74) is -0.112. The van der Waals surface area contributed by atoms with Crippen LogP contribution in [0.15, 0.2) is 18.2 Å². The molecule has 0 spiro atoms. The lowest BCUT2D eigenvalue weighted by Crippen LogP contribution is -2.12. The molecule has 0 heterocycles. The van der Waals surface area contributed by atoms with Gasteiger partial charge < -0.3 is 10.1 Å². The van der Waals surface area contributed by atoms with Crippen LogP contribution in [0.25, 0.3) is 0 Å². The molecule has 0 fully saturated rings. The van der Waals surface area contributed by atoms with Crippen LogP contribution in [0.5, 0.6) is 5.75 Å². The van der Waals surface area contributed by atoms with Crippen LogP contribution in [0.4, 0.5) is 13.2 Å². The van der Waals surface area contributed by atoms with Crippen molar-refractivity contribution in [3.05, 3.63) is 29.3 Å². The molecule has 0 radical (unpaired) electrons. The monoisotopic (exact) mass is 261 g/mol. The third-order valence-electron chi connectivity index (χ3n) is 2.49. The number of halogens is 3. The Kier molecular flexibility index (Phi) is 5.47. The van der Waals surface area contributed by atoms with E-state index in [2.05, 4.69) is 5.32 Å². The van der Waals surface area contributed by atoms with Gasteiger partial charge in [0.25, 0.3) is 0 Å². The Bertz CT molecular complexity index is 377. The third-order valence-corrected chi connectivity index (χ3v) is 2.49. The molecule has 1 aromatic rings. The number of alkyl halides is 3. The second kappa shape index (κ2) is 6.64. The third kappa shape index (κ3) is 4.22.